The summed E-state index contributed by atoms with van der Waals surface area (Å²) < 4.78 is 23.6. The van der Waals surface area contributed by atoms with Gasteiger partial charge in [-0.25, -0.2) is 8.42 Å². The van der Waals surface area contributed by atoms with E-state index < -0.39 is 15.1 Å². The molecule has 3 atom stereocenters. The molecule has 0 fully saturated rings. The van der Waals surface area contributed by atoms with Gasteiger partial charge in [0.1, 0.15) is 0 Å². The summed E-state index contributed by atoms with van der Waals surface area (Å²) in [6.45, 7) is 8.89. The lowest BCUT2D eigenvalue weighted by molar-refractivity contribution is 0.513. The van der Waals surface area contributed by atoms with Gasteiger partial charge in [-0.05, 0) is 36.9 Å². The van der Waals surface area contributed by atoms with Crippen LogP contribution in [0.2, 0.25) is 0 Å². The molecule has 0 aromatic heterocycles. The summed E-state index contributed by atoms with van der Waals surface area (Å²) in [4.78, 5) is 0. The molecule has 1 N–H and O–H groups in total. The van der Waals surface area contributed by atoms with Crippen molar-refractivity contribution in [2.45, 2.75) is 51.3 Å². The molecule has 0 saturated carbocycles. The van der Waals surface area contributed by atoms with Crippen molar-refractivity contribution in [2.75, 3.05) is 12.8 Å². The number of nitrogens with one attached hydrogen (secondary N) is 1. The highest BCUT2D eigenvalue weighted by molar-refractivity contribution is 7.91. The van der Waals surface area contributed by atoms with Gasteiger partial charge in [-0.3, -0.25) is 0 Å². The maximum absolute atomic E-state index is 11.8. The Hall–Kier alpha value is -0.870. The van der Waals surface area contributed by atoms with Crippen molar-refractivity contribution in [3.8, 4) is 0 Å². The molecule has 0 bridgehead atoms. The number of benzene rings is 1. The molecule has 1 aromatic rings. The molecule has 0 aliphatic heterocycles. The molecule has 1 rings (SSSR count). The van der Waals surface area contributed by atoms with Gasteiger partial charge in [0, 0.05) is 12.3 Å². The third-order valence-electron chi connectivity index (χ3n) is 4.05. The largest absolute Gasteiger partial charge is 0.309 e. The molecule has 0 spiro atoms. The summed E-state index contributed by atoms with van der Waals surface area (Å²) in [7, 11) is -3.07. The van der Waals surface area contributed by atoms with E-state index in [9.17, 15) is 8.42 Å². The summed E-state index contributed by atoms with van der Waals surface area (Å²) in [6, 6.07) is 8.18. The molecule has 0 radical (unpaired) electrons. The fraction of sp³-hybridized carbons (Fsp3) is 0.625. The molecular weight excluding hydrogens is 270 g/mol. The molecule has 0 aliphatic rings. The van der Waals surface area contributed by atoms with Crippen LogP contribution >= 0.6 is 0 Å². The van der Waals surface area contributed by atoms with Gasteiger partial charge in [0.25, 0.3) is 0 Å². The Balaban J connectivity index is 3.04. The van der Waals surface area contributed by atoms with Crippen molar-refractivity contribution in [3.05, 3.63) is 35.4 Å². The van der Waals surface area contributed by atoms with Crippen molar-refractivity contribution < 1.29 is 8.42 Å². The zero-order valence-corrected chi connectivity index (χ0v) is 14.0. The van der Waals surface area contributed by atoms with Crippen LogP contribution in [0.15, 0.2) is 24.3 Å². The smallest absolute Gasteiger partial charge is 0.151 e. The third kappa shape index (κ3) is 4.32. The summed E-state index contributed by atoms with van der Waals surface area (Å²) in [5.74, 6) is 0.536. The SMILES string of the molecule is CCNC(c1ccc(C(C)CC)cc1)C(C)S(C)(=O)=O. The summed E-state index contributed by atoms with van der Waals surface area (Å²) in [5.41, 5.74) is 2.34. The normalized spacial score (nSPS) is 16.6. The molecule has 20 heavy (non-hydrogen) atoms. The maximum Gasteiger partial charge on any atom is 0.151 e. The van der Waals surface area contributed by atoms with E-state index in [-0.39, 0.29) is 6.04 Å². The van der Waals surface area contributed by atoms with Crippen LogP contribution in [0.5, 0.6) is 0 Å². The fourth-order valence-electron chi connectivity index (χ4n) is 2.29. The lowest BCUT2D eigenvalue weighted by Gasteiger charge is -2.24. The lowest BCUT2D eigenvalue weighted by atomic mass is 9.95. The van der Waals surface area contributed by atoms with E-state index in [2.05, 4.69) is 43.4 Å². The van der Waals surface area contributed by atoms with E-state index in [4.69, 9.17) is 0 Å². The standard InChI is InChI=1S/C16H27NO2S/c1-6-12(3)14-8-10-15(11-9-14)16(17-7-2)13(4)20(5,18)19/h8-13,16-17H,6-7H2,1-5H3. The highest BCUT2D eigenvalue weighted by Gasteiger charge is 2.26. The third-order valence-corrected chi connectivity index (χ3v) is 5.67. The Kier molecular flexibility index (Phi) is 6.21. The van der Waals surface area contributed by atoms with Crippen LogP contribution in [0.4, 0.5) is 0 Å². The van der Waals surface area contributed by atoms with Gasteiger partial charge >= 0.3 is 0 Å². The second kappa shape index (κ2) is 7.23. The van der Waals surface area contributed by atoms with Gasteiger partial charge < -0.3 is 5.32 Å². The van der Waals surface area contributed by atoms with Crippen molar-refractivity contribution in [2.24, 2.45) is 0 Å². The highest BCUT2D eigenvalue weighted by Crippen LogP contribution is 2.25. The van der Waals surface area contributed by atoms with Crippen molar-refractivity contribution >= 4 is 9.84 Å². The summed E-state index contributed by atoms with van der Waals surface area (Å²) >= 11 is 0. The first-order valence-electron chi connectivity index (χ1n) is 7.33. The van der Waals surface area contributed by atoms with E-state index in [0.29, 0.717) is 5.92 Å². The van der Waals surface area contributed by atoms with Crippen molar-refractivity contribution in [1.82, 2.24) is 5.32 Å². The Morgan fingerprint density at radius 1 is 1.05 bits per heavy atom. The fourth-order valence-corrected chi connectivity index (χ4v) is 3.04. The Morgan fingerprint density at radius 2 is 1.55 bits per heavy atom. The molecule has 1 aromatic carbocycles. The predicted molar refractivity (Wildman–Crippen MR) is 85.9 cm³/mol. The van der Waals surface area contributed by atoms with Crippen molar-refractivity contribution in [3.63, 3.8) is 0 Å². The minimum absolute atomic E-state index is 0.152. The van der Waals surface area contributed by atoms with E-state index >= 15 is 0 Å². The van der Waals surface area contributed by atoms with E-state index in [0.717, 1.165) is 18.5 Å². The average molecular weight is 297 g/mol. The Labute approximate surface area is 123 Å². The molecule has 4 heteroatoms. The quantitative estimate of drug-likeness (QED) is 0.840. The van der Waals surface area contributed by atoms with Crippen LogP contribution in [0.1, 0.15) is 57.2 Å². The average Bonchev–Trinajstić information content (AvgIpc) is 2.42. The number of rotatable bonds is 7. The minimum atomic E-state index is -3.07. The summed E-state index contributed by atoms with van der Waals surface area (Å²) in [5, 5.41) is 2.86. The molecule has 3 unspecified atom stereocenters. The Bertz CT molecular complexity index is 508. The van der Waals surface area contributed by atoms with Gasteiger partial charge in [0.05, 0.1) is 5.25 Å². The van der Waals surface area contributed by atoms with Crippen LogP contribution in [0, 0.1) is 0 Å². The van der Waals surface area contributed by atoms with Crippen LogP contribution in [-0.2, 0) is 9.84 Å². The van der Waals surface area contributed by atoms with Crippen LogP contribution < -0.4 is 5.32 Å². The second-order valence-corrected chi connectivity index (χ2v) is 7.95. The second-order valence-electron chi connectivity index (χ2n) is 5.55. The maximum atomic E-state index is 11.8. The van der Waals surface area contributed by atoms with Crippen LogP contribution in [0.3, 0.4) is 0 Å². The van der Waals surface area contributed by atoms with Gasteiger partial charge in [-0.2, -0.15) is 0 Å². The lowest BCUT2D eigenvalue weighted by Crippen LogP contribution is -2.34. The first kappa shape index (κ1) is 17.2. The molecule has 0 saturated heterocycles. The Morgan fingerprint density at radius 3 is 1.95 bits per heavy atom. The van der Waals surface area contributed by atoms with Gasteiger partial charge in [-0.1, -0.05) is 45.0 Å². The van der Waals surface area contributed by atoms with E-state index in [1.807, 2.05) is 6.92 Å². The van der Waals surface area contributed by atoms with Gasteiger partial charge in [-0.15, -0.1) is 0 Å². The first-order valence-corrected chi connectivity index (χ1v) is 9.28. The van der Waals surface area contributed by atoms with Crippen LogP contribution in [0.25, 0.3) is 0 Å². The molecular formula is C16H27NO2S. The van der Waals surface area contributed by atoms with E-state index in [1.165, 1.54) is 11.8 Å². The zero-order chi connectivity index (χ0) is 15.3. The van der Waals surface area contributed by atoms with Gasteiger partial charge in [0.2, 0.25) is 0 Å². The highest BCUT2D eigenvalue weighted by atomic mass is 32.2. The van der Waals surface area contributed by atoms with Crippen molar-refractivity contribution in [1.29, 1.82) is 0 Å². The topological polar surface area (TPSA) is 46.2 Å². The minimum Gasteiger partial charge on any atom is -0.309 e. The monoisotopic (exact) mass is 297 g/mol. The van der Waals surface area contributed by atoms with E-state index in [1.54, 1.807) is 6.92 Å². The number of hydrogen-bond acceptors (Lipinski definition) is 3. The molecule has 0 aliphatic carbocycles. The molecule has 114 valence electrons. The first-order chi connectivity index (χ1) is 9.31. The summed E-state index contributed by atoms with van der Waals surface area (Å²) in [6.07, 6.45) is 2.41. The molecule has 0 heterocycles. The zero-order valence-electron chi connectivity index (χ0n) is 13.2. The number of hydrogen-bond donors (Lipinski definition) is 1. The number of sulfone groups is 1. The van der Waals surface area contributed by atoms with Gasteiger partial charge in [0.15, 0.2) is 9.84 Å². The molecule has 0 amide bonds. The van der Waals surface area contributed by atoms with Crippen LogP contribution in [-0.4, -0.2) is 26.5 Å². The molecule has 3 nitrogen and oxygen atoms in total. The predicted octanol–water partition coefficient (Wildman–Crippen LogP) is 3.28.